The van der Waals surface area contributed by atoms with Gasteiger partial charge in [0, 0.05) is 5.92 Å². The first-order valence-electron chi connectivity index (χ1n) is 9.13. The molecule has 4 rings (SSSR count). The Hall–Kier alpha value is -2.55. The quantitative estimate of drug-likeness (QED) is 0.474. The van der Waals surface area contributed by atoms with Crippen LogP contribution in [0.5, 0.6) is 0 Å². The lowest BCUT2D eigenvalue weighted by Gasteiger charge is -2.34. The summed E-state index contributed by atoms with van der Waals surface area (Å²) in [6.45, 7) is 3.71. The van der Waals surface area contributed by atoms with E-state index in [4.69, 9.17) is 0 Å². The highest BCUT2D eigenvalue weighted by molar-refractivity contribution is 5.56. The van der Waals surface area contributed by atoms with Crippen LogP contribution in [-0.4, -0.2) is 6.18 Å². The maximum Gasteiger partial charge on any atom is 0.402 e. The molecule has 3 aromatic carbocycles. The van der Waals surface area contributed by atoms with Crippen molar-refractivity contribution in [3.8, 4) is 0 Å². The maximum absolute atomic E-state index is 14.7. The van der Waals surface area contributed by atoms with Crippen LogP contribution in [0.1, 0.15) is 45.7 Å². The minimum absolute atomic E-state index is 0.00273. The van der Waals surface area contributed by atoms with Gasteiger partial charge in [0.05, 0.1) is 0 Å². The van der Waals surface area contributed by atoms with E-state index in [1.165, 1.54) is 0 Å². The van der Waals surface area contributed by atoms with Crippen molar-refractivity contribution in [3.05, 3.63) is 106 Å². The maximum atomic E-state index is 14.7. The molecule has 138 valence electrons. The number of aryl methyl sites for hydroxylation is 2. The molecule has 0 saturated carbocycles. The summed E-state index contributed by atoms with van der Waals surface area (Å²) in [6.07, 6.45) is -4.38. The van der Waals surface area contributed by atoms with Gasteiger partial charge in [-0.3, -0.25) is 0 Å². The fourth-order valence-electron chi connectivity index (χ4n) is 4.62. The molecule has 0 heterocycles. The first-order valence-corrected chi connectivity index (χ1v) is 9.13. The van der Waals surface area contributed by atoms with Crippen molar-refractivity contribution in [2.45, 2.75) is 37.8 Å². The molecule has 1 aliphatic rings. The molecule has 1 aliphatic carbocycles. The summed E-state index contributed by atoms with van der Waals surface area (Å²) in [5.41, 5.74) is 2.17. The molecule has 0 aliphatic heterocycles. The van der Waals surface area contributed by atoms with Gasteiger partial charge in [0.15, 0.2) is 0 Å². The zero-order valence-electron chi connectivity index (χ0n) is 15.3. The molecule has 0 amide bonds. The van der Waals surface area contributed by atoms with Gasteiger partial charge in [0.25, 0.3) is 0 Å². The Morgan fingerprint density at radius 2 is 1.41 bits per heavy atom. The molecular weight excluding hydrogens is 345 g/mol. The second-order valence-corrected chi connectivity index (χ2v) is 7.53. The van der Waals surface area contributed by atoms with E-state index < -0.39 is 11.6 Å². The van der Waals surface area contributed by atoms with Crippen molar-refractivity contribution in [1.82, 2.24) is 0 Å². The Balaban J connectivity index is 2.01. The first kappa shape index (κ1) is 17.8. The van der Waals surface area contributed by atoms with Crippen LogP contribution >= 0.6 is 0 Å². The van der Waals surface area contributed by atoms with Crippen LogP contribution < -0.4 is 0 Å². The molecule has 0 bridgehead atoms. The summed E-state index contributed by atoms with van der Waals surface area (Å²) in [6, 6.07) is 21.9. The van der Waals surface area contributed by atoms with E-state index in [-0.39, 0.29) is 12.3 Å². The number of alkyl halides is 3. The molecule has 0 N–H and O–H groups in total. The lowest BCUT2D eigenvalue weighted by molar-refractivity contribution is -0.178. The molecule has 0 saturated heterocycles. The molecule has 0 spiro atoms. The normalized spacial score (nSPS) is 21.9. The van der Waals surface area contributed by atoms with Gasteiger partial charge in [-0.05, 0) is 42.5 Å². The van der Waals surface area contributed by atoms with Gasteiger partial charge in [-0.15, -0.1) is 0 Å². The van der Waals surface area contributed by atoms with Gasteiger partial charge < -0.3 is 0 Å². The minimum Gasteiger partial charge on any atom is -0.170 e. The standard InChI is InChI=1S/C24H21F3/c1-16-12-17(2)14-19(13-16)23(24(25,26)27)15-21(18-8-4-3-5-9-18)20-10-6-7-11-22(20)23/h3-14,21H,15H2,1-2H3/t21-,23+/m1/s1. The van der Waals surface area contributed by atoms with E-state index >= 15 is 0 Å². The van der Waals surface area contributed by atoms with Crippen LogP contribution in [0.2, 0.25) is 0 Å². The van der Waals surface area contributed by atoms with Gasteiger partial charge in [-0.25, -0.2) is 0 Å². The molecule has 3 aromatic rings. The fraction of sp³-hybridized carbons (Fsp3) is 0.250. The Morgan fingerprint density at radius 1 is 0.815 bits per heavy atom. The molecule has 0 nitrogen and oxygen atoms in total. The average Bonchev–Trinajstić information content (AvgIpc) is 2.98. The van der Waals surface area contributed by atoms with Crippen LogP contribution in [0, 0.1) is 13.8 Å². The number of halogens is 3. The Kier molecular flexibility index (Phi) is 4.14. The van der Waals surface area contributed by atoms with Gasteiger partial charge in [-0.1, -0.05) is 83.9 Å². The number of benzene rings is 3. The van der Waals surface area contributed by atoms with E-state index in [9.17, 15) is 13.2 Å². The molecule has 0 radical (unpaired) electrons. The predicted octanol–water partition coefficient (Wildman–Crippen LogP) is 6.69. The second-order valence-electron chi connectivity index (χ2n) is 7.53. The zero-order chi connectivity index (χ0) is 19.2. The summed E-state index contributed by atoms with van der Waals surface area (Å²) in [4.78, 5) is 0. The van der Waals surface area contributed by atoms with Crippen LogP contribution in [0.3, 0.4) is 0 Å². The van der Waals surface area contributed by atoms with Crippen molar-refractivity contribution in [2.24, 2.45) is 0 Å². The van der Waals surface area contributed by atoms with Gasteiger partial charge in [0.2, 0.25) is 0 Å². The average molecular weight is 366 g/mol. The SMILES string of the molecule is Cc1cc(C)cc([C@@]2(C(F)(F)F)C[C@H](c3ccccc3)c3ccccc32)c1. The molecule has 27 heavy (non-hydrogen) atoms. The largest absolute Gasteiger partial charge is 0.402 e. The molecular formula is C24H21F3. The van der Waals surface area contributed by atoms with E-state index in [0.29, 0.717) is 11.1 Å². The fourth-order valence-corrected chi connectivity index (χ4v) is 4.62. The van der Waals surface area contributed by atoms with Crippen LogP contribution in [0.25, 0.3) is 0 Å². The zero-order valence-corrected chi connectivity index (χ0v) is 15.3. The number of fused-ring (bicyclic) bond motifs is 1. The van der Waals surface area contributed by atoms with Crippen molar-refractivity contribution >= 4 is 0 Å². The molecule has 0 aromatic heterocycles. The van der Waals surface area contributed by atoms with E-state index in [1.54, 1.807) is 24.3 Å². The van der Waals surface area contributed by atoms with Crippen molar-refractivity contribution < 1.29 is 13.2 Å². The molecule has 0 fully saturated rings. The highest BCUT2D eigenvalue weighted by Gasteiger charge is 2.62. The summed E-state index contributed by atoms with van der Waals surface area (Å²) in [5, 5.41) is 0. The monoisotopic (exact) mass is 366 g/mol. The highest BCUT2D eigenvalue weighted by Crippen LogP contribution is 2.59. The Morgan fingerprint density at radius 3 is 2.04 bits per heavy atom. The van der Waals surface area contributed by atoms with Crippen molar-refractivity contribution in [2.75, 3.05) is 0 Å². The lowest BCUT2D eigenvalue weighted by atomic mass is 9.73. The van der Waals surface area contributed by atoms with Gasteiger partial charge in [0.1, 0.15) is 5.41 Å². The molecule has 3 heteroatoms. The third-order valence-electron chi connectivity index (χ3n) is 5.71. The van der Waals surface area contributed by atoms with Crippen LogP contribution in [0.4, 0.5) is 13.2 Å². The van der Waals surface area contributed by atoms with E-state index in [1.807, 2.05) is 62.4 Å². The number of hydrogen-bond acceptors (Lipinski definition) is 0. The lowest BCUT2D eigenvalue weighted by Crippen LogP contribution is -2.42. The van der Waals surface area contributed by atoms with Crippen LogP contribution in [0.15, 0.2) is 72.8 Å². The topological polar surface area (TPSA) is 0 Å². The predicted molar refractivity (Wildman–Crippen MR) is 102 cm³/mol. The van der Waals surface area contributed by atoms with Crippen LogP contribution in [-0.2, 0) is 5.41 Å². The minimum atomic E-state index is -4.38. The van der Waals surface area contributed by atoms with Gasteiger partial charge >= 0.3 is 6.18 Å². The third kappa shape index (κ3) is 2.77. The van der Waals surface area contributed by atoms with Gasteiger partial charge in [-0.2, -0.15) is 13.2 Å². The molecule has 2 atom stereocenters. The number of rotatable bonds is 2. The Bertz CT molecular complexity index is 952. The highest BCUT2D eigenvalue weighted by atomic mass is 19.4. The number of hydrogen-bond donors (Lipinski definition) is 0. The van der Waals surface area contributed by atoms with Crippen molar-refractivity contribution in [1.29, 1.82) is 0 Å². The Labute approximate surface area is 157 Å². The third-order valence-corrected chi connectivity index (χ3v) is 5.71. The van der Waals surface area contributed by atoms with E-state index in [2.05, 4.69) is 0 Å². The smallest absolute Gasteiger partial charge is 0.170 e. The summed E-state index contributed by atoms with van der Waals surface area (Å²) < 4.78 is 44.2. The molecule has 0 unspecified atom stereocenters. The summed E-state index contributed by atoms with van der Waals surface area (Å²) >= 11 is 0. The van der Waals surface area contributed by atoms with Crippen molar-refractivity contribution in [3.63, 3.8) is 0 Å². The first-order chi connectivity index (χ1) is 12.8. The second kappa shape index (κ2) is 6.26. The summed E-state index contributed by atoms with van der Waals surface area (Å²) in [7, 11) is 0. The van der Waals surface area contributed by atoms with E-state index in [0.717, 1.165) is 22.3 Å². The summed E-state index contributed by atoms with van der Waals surface area (Å²) in [5.74, 6) is -0.273.